The fraction of sp³-hybridized carbons (Fsp3) is 1.00. The van der Waals surface area contributed by atoms with Crippen LogP contribution >= 0.6 is 6.83 Å². The van der Waals surface area contributed by atoms with Crippen molar-refractivity contribution in [2.24, 2.45) is 0 Å². The van der Waals surface area contributed by atoms with Gasteiger partial charge < -0.3 is 0 Å². The summed E-state index contributed by atoms with van der Waals surface area (Å²) in [4.78, 5) is 0. The van der Waals surface area contributed by atoms with Crippen molar-refractivity contribution in [3.8, 4) is 0 Å². The Labute approximate surface area is 222 Å². The van der Waals surface area contributed by atoms with Gasteiger partial charge in [-0.15, -0.1) is 0 Å². The van der Waals surface area contributed by atoms with E-state index in [1.54, 1.807) is 6.92 Å². The molecule has 0 aliphatic rings. The van der Waals surface area contributed by atoms with Crippen molar-refractivity contribution in [1.29, 1.82) is 0 Å². The Hall–Kier alpha value is 0.340. The third-order valence-corrected chi connectivity index (χ3v) is 17.1. The third-order valence-electron chi connectivity index (χ3n) is 7.99. The first-order valence-electron chi connectivity index (χ1n) is 15.8. The Morgan fingerprint density at radius 3 is 1.03 bits per heavy atom. The standard InChI is InChI=1S/C30H65O3PS/c1-6-11-15-16-17-18-19-20-21-22-23-24-25-26-30-34(27-12-7-2,28-13-8-3,29-14-9-4)33-35(31,32)10-5/h6-30H2,1-5H3. The first-order valence-corrected chi connectivity index (χ1v) is 20.2. The van der Waals surface area contributed by atoms with Crippen LogP contribution in [-0.2, 0) is 14.1 Å². The van der Waals surface area contributed by atoms with Crippen molar-refractivity contribution in [3.63, 3.8) is 0 Å². The third kappa shape index (κ3) is 16.7. The quantitative estimate of drug-likeness (QED) is 0.0774. The molecule has 0 radical (unpaired) electrons. The van der Waals surface area contributed by atoms with Gasteiger partial charge in [-0.25, -0.2) is 0 Å². The van der Waals surface area contributed by atoms with Crippen molar-refractivity contribution in [3.05, 3.63) is 0 Å². The predicted octanol–water partition coefficient (Wildman–Crippen LogP) is 10.7. The SMILES string of the molecule is CCCCCCCCCCCCCCCCP(CCCC)(CCCC)(CCCC)OS(=O)(=O)CC. The molecule has 0 saturated heterocycles. The summed E-state index contributed by atoms with van der Waals surface area (Å²) in [7, 11) is -3.44. The monoisotopic (exact) mass is 536 g/mol. The Morgan fingerprint density at radius 1 is 0.429 bits per heavy atom. The van der Waals surface area contributed by atoms with Crippen LogP contribution in [0.25, 0.3) is 0 Å². The average molecular weight is 537 g/mol. The van der Waals surface area contributed by atoms with Gasteiger partial charge in [-0.05, 0) is 0 Å². The predicted molar refractivity (Wildman–Crippen MR) is 162 cm³/mol. The van der Waals surface area contributed by atoms with Crippen LogP contribution in [0.2, 0.25) is 0 Å². The molecule has 0 bridgehead atoms. The first kappa shape index (κ1) is 35.3. The van der Waals surface area contributed by atoms with Crippen molar-refractivity contribution >= 4 is 16.9 Å². The Bertz CT molecular complexity index is 552. The van der Waals surface area contributed by atoms with Gasteiger partial charge in [0.2, 0.25) is 0 Å². The van der Waals surface area contributed by atoms with Gasteiger partial charge in [-0.3, -0.25) is 0 Å². The molecule has 0 N–H and O–H groups in total. The average Bonchev–Trinajstić information content (AvgIpc) is 2.85. The maximum atomic E-state index is 12.9. The van der Waals surface area contributed by atoms with E-state index in [0.717, 1.165) is 69.6 Å². The first-order chi connectivity index (χ1) is 16.8. The van der Waals surface area contributed by atoms with Crippen molar-refractivity contribution in [2.75, 3.05) is 30.4 Å². The second kappa shape index (κ2) is 21.3. The zero-order valence-corrected chi connectivity index (χ0v) is 26.5. The molecule has 0 aliphatic carbocycles. The van der Waals surface area contributed by atoms with E-state index in [1.807, 2.05) is 0 Å². The maximum absolute atomic E-state index is 12.9. The molecule has 0 spiro atoms. The van der Waals surface area contributed by atoms with E-state index in [0.29, 0.717) is 0 Å². The van der Waals surface area contributed by atoms with Crippen molar-refractivity contribution < 1.29 is 12.4 Å². The van der Waals surface area contributed by atoms with E-state index in [9.17, 15) is 8.42 Å². The van der Waals surface area contributed by atoms with Crippen molar-refractivity contribution in [1.82, 2.24) is 0 Å². The molecule has 0 amide bonds. The van der Waals surface area contributed by atoms with Gasteiger partial charge in [-0.1, -0.05) is 26.2 Å². The molecule has 0 fully saturated rings. The Kier molecular flexibility index (Phi) is 21.5. The van der Waals surface area contributed by atoms with Gasteiger partial charge in [0, 0.05) is 0 Å². The van der Waals surface area contributed by atoms with E-state index < -0.39 is 16.9 Å². The summed E-state index contributed by atoms with van der Waals surface area (Å²) in [5.41, 5.74) is 0. The molecular formula is C30H65O3PS. The van der Waals surface area contributed by atoms with Gasteiger partial charge >= 0.3 is 197 Å². The van der Waals surface area contributed by atoms with Crippen LogP contribution in [0.4, 0.5) is 0 Å². The second-order valence-electron chi connectivity index (χ2n) is 11.3. The minimum absolute atomic E-state index is 0.105. The summed E-state index contributed by atoms with van der Waals surface area (Å²) in [5.74, 6) is 0.105. The molecule has 0 atom stereocenters. The van der Waals surface area contributed by atoms with E-state index in [-0.39, 0.29) is 5.75 Å². The topological polar surface area (TPSA) is 43.4 Å². The second-order valence-corrected chi connectivity index (χ2v) is 19.1. The van der Waals surface area contributed by atoms with E-state index >= 15 is 0 Å². The van der Waals surface area contributed by atoms with Crippen LogP contribution in [0.5, 0.6) is 0 Å². The van der Waals surface area contributed by atoms with Crippen LogP contribution in [0.1, 0.15) is 163 Å². The van der Waals surface area contributed by atoms with Crippen LogP contribution in [0.15, 0.2) is 0 Å². The number of hydrogen-bond donors (Lipinski definition) is 0. The summed E-state index contributed by atoms with van der Waals surface area (Å²) >= 11 is 0. The number of rotatable bonds is 27. The fourth-order valence-electron chi connectivity index (χ4n) is 5.57. The number of unbranched alkanes of at least 4 members (excludes halogenated alkanes) is 16. The molecule has 0 rings (SSSR count). The fourth-order valence-corrected chi connectivity index (χ4v) is 15.5. The minimum atomic E-state index is -3.44. The number of hydrogen-bond acceptors (Lipinski definition) is 3. The van der Waals surface area contributed by atoms with Crippen LogP contribution in [0, 0.1) is 0 Å². The van der Waals surface area contributed by atoms with Gasteiger partial charge in [0.15, 0.2) is 0 Å². The van der Waals surface area contributed by atoms with Gasteiger partial charge in [0.1, 0.15) is 0 Å². The molecule has 0 aromatic carbocycles. The summed E-state index contributed by atoms with van der Waals surface area (Å²) in [6.45, 7) is 7.95. The van der Waals surface area contributed by atoms with E-state index in [1.165, 1.54) is 83.5 Å². The zero-order valence-electron chi connectivity index (χ0n) is 24.8. The molecule has 0 aliphatic heterocycles. The molecular weight excluding hydrogens is 471 g/mol. The summed E-state index contributed by atoms with van der Waals surface area (Å²) in [5, 5.41) is 0. The summed E-state index contributed by atoms with van der Waals surface area (Å²) in [6, 6.07) is 0. The normalized spacial score (nSPS) is 13.7. The van der Waals surface area contributed by atoms with Gasteiger partial charge in [0.05, 0.1) is 0 Å². The van der Waals surface area contributed by atoms with E-state index in [4.69, 9.17) is 3.97 Å². The Morgan fingerprint density at radius 2 is 0.714 bits per heavy atom. The Balaban J connectivity index is 4.73. The molecule has 5 heteroatoms. The van der Waals surface area contributed by atoms with Crippen molar-refractivity contribution in [2.45, 2.75) is 163 Å². The molecule has 0 aromatic heterocycles. The molecule has 0 saturated carbocycles. The molecule has 0 heterocycles. The van der Waals surface area contributed by atoms with Crippen LogP contribution in [0.3, 0.4) is 0 Å². The van der Waals surface area contributed by atoms with E-state index in [2.05, 4.69) is 27.7 Å². The molecule has 35 heavy (non-hydrogen) atoms. The molecule has 214 valence electrons. The summed E-state index contributed by atoms with van der Waals surface area (Å²) < 4.78 is 32.2. The van der Waals surface area contributed by atoms with Crippen LogP contribution in [-0.4, -0.2) is 38.8 Å². The molecule has 0 aromatic rings. The van der Waals surface area contributed by atoms with Gasteiger partial charge in [-0.2, -0.15) is 0 Å². The van der Waals surface area contributed by atoms with Gasteiger partial charge in [0.25, 0.3) is 0 Å². The van der Waals surface area contributed by atoms with Crippen LogP contribution < -0.4 is 0 Å². The zero-order chi connectivity index (χ0) is 26.3. The molecule has 3 nitrogen and oxygen atoms in total. The molecule has 0 unspecified atom stereocenters. The summed E-state index contributed by atoms with van der Waals surface area (Å²) in [6.07, 6.45) is 29.7.